The number of rotatable bonds is 4. The summed E-state index contributed by atoms with van der Waals surface area (Å²) in [7, 11) is 0. The lowest BCUT2D eigenvalue weighted by atomic mass is 9.77. The van der Waals surface area contributed by atoms with E-state index in [9.17, 15) is 23.4 Å². The van der Waals surface area contributed by atoms with Crippen LogP contribution in [0.2, 0.25) is 0 Å². The van der Waals surface area contributed by atoms with Crippen LogP contribution in [-0.4, -0.2) is 22.7 Å². The van der Waals surface area contributed by atoms with Gasteiger partial charge in [-0.1, -0.05) is 6.42 Å². The van der Waals surface area contributed by atoms with Crippen molar-refractivity contribution >= 4 is 12.4 Å². The Morgan fingerprint density at radius 3 is 2.38 bits per heavy atom. The first-order valence-corrected chi connectivity index (χ1v) is 6.30. The van der Waals surface area contributed by atoms with E-state index in [-0.39, 0.29) is 29.6 Å². The number of aromatic hydroxyl groups is 1. The Hall–Kier alpha value is -1.18. The van der Waals surface area contributed by atoms with Crippen LogP contribution in [0.5, 0.6) is 11.5 Å². The summed E-state index contributed by atoms with van der Waals surface area (Å²) in [6.45, 7) is 0. The molecule has 0 aromatic heterocycles. The van der Waals surface area contributed by atoms with E-state index in [4.69, 9.17) is 5.73 Å². The fourth-order valence-corrected chi connectivity index (χ4v) is 2.26. The zero-order chi connectivity index (χ0) is 14.9. The van der Waals surface area contributed by atoms with Crippen LogP contribution < -0.4 is 10.5 Å². The fraction of sp³-hybridized carbons (Fsp3) is 0.538. The number of ether oxygens (including phenoxy) is 1. The molecule has 21 heavy (non-hydrogen) atoms. The third kappa shape index (κ3) is 4.39. The summed E-state index contributed by atoms with van der Waals surface area (Å²) in [6, 6.07) is 2.13. The minimum absolute atomic E-state index is 0. The van der Waals surface area contributed by atoms with Crippen molar-refractivity contribution in [1.82, 2.24) is 0 Å². The molecule has 1 aliphatic rings. The van der Waals surface area contributed by atoms with Crippen LogP contribution in [0.15, 0.2) is 18.2 Å². The molecule has 0 bridgehead atoms. The maximum atomic E-state index is 12.2. The lowest BCUT2D eigenvalue weighted by Crippen LogP contribution is -2.36. The van der Waals surface area contributed by atoms with Gasteiger partial charge in [0.1, 0.15) is 11.5 Å². The molecule has 0 amide bonds. The molecule has 0 radical (unpaired) electrons. The lowest BCUT2D eigenvalue weighted by molar-refractivity contribution is -0.274. The van der Waals surface area contributed by atoms with Gasteiger partial charge in [0.05, 0.1) is 12.1 Å². The topological polar surface area (TPSA) is 75.7 Å². The van der Waals surface area contributed by atoms with Crippen LogP contribution >= 0.6 is 12.4 Å². The highest BCUT2D eigenvalue weighted by atomic mass is 35.5. The molecule has 2 rings (SSSR count). The Bertz CT molecular complexity index is 480. The number of alkyl halides is 3. The van der Waals surface area contributed by atoms with E-state index in [0.29, 0.717) is 0 Å². The summed E-state index contributed by atoms with van der Waals surface area (Å²) >= 11 is 0. The van der Waals surface area contributed by atoms with E-state index >= 15 is 0 Å². The quantitative estimate of drug-likeness (QED) is 0.795. The number of phenols is 1. The molecule has 0 aliphatic heterocycles. The Kier molecular flexibility index (Phi) is 5.72. The van der Waals surface area contributed by atoms with Crippen LogP contribution in [0, 0.1) is 5.92 Å². The van der Waals surface area contributed by atoms with Gasteiger partial charge in [-0.15, -0.1) is 25.6 Å². The van der Waals surface area contributed by atoms with E-state index in [1.165, 1.54) is 0 Å². The highest BCUT2D eigenvalue weighted by Gasteiger charge is 2.34. The molecule has 4 nitrogen and oxygen atoms in total. The van der Waals surface area contributed by atoms with Gasteiger partial charge in [-0.2, -0.15) is 0 Å². The third-order valence-electron chi connectivity index (χ3n) is 3.59. The average molecular weight is 328 g/mol. The molecule has 0 heterocycles. The Balaban J connectivity index is 0.00000220. The Morgan fingerprint density at radius 2 is 1.90 bits per heavy atom. The van der Waals surface area contributed by atoms with Crippen molar-refractivity contribution in [3.05, 3.63) is 23.8 Å². The van der Waals surface area contributed by atoms with Crippen molar-refractivity contribution in [3.8, 4) is 11.5 Å². The number of hydrogen-bond donors (Lipinski definition) is 3. The maximum absolute atomic E-state index is 12.2. The van der Waals surface area contributed by atoms with Crippen molar-refractivity contribution in [2.24, 2.45) is 11.7 Å². The molecule has 1 saturated carbocycles. The highest BCUT2D eigenvalue weighted by molar-refractivity contribution is 5.85. The average Bonchev–Trinajstić information content (AvgIpc) is 2.26. The zero-order valence-corrected chi connectivity index (χ0v) is 11.8. The van der Waals surface area contributed by atoms with E-state index in [0.717, 1.165) is 37.5 Å². The number of nitrogens with two attached hydrogens (primary N) is 1. The summed E-state index contributed by atoms with van der Waals surface area (Å²) in [5, 5.41) is 19.7. The van der Waals surface area contributed by atoms with Crippen molar-refractivity contribution in [1.29, 1.82) is 0 Å². The van der Waals surface area contributed by atoms with Gasteiger partial charge in [0.2, 0.25) is 0 Å². The normalized spacial score (nSPS) is 18.3. The summed E-state index contributed by atoms with van der Waals surface area (Å²) in [6.07, 6.45) is -3.05. The van der Waals surface area contributed by atoms with Crippen molar-refractivity contribution in [2.45, 2.75) is 37.8 Å². The van der Waals surface area contributed by atoms with E-state index in [1.54, 1.807) is 0 Å². The monoisotopic (exact) mass is 327 g/mol. The third-order valence-corrected chi connectivity index (χ3v) is 3.59. The van der Waals surface area contributed by atoms with Crippen molar-refractivity contribution < 1.29 is 28.1 Å². The number of aliphatic hydroxyl groups is 1. The number of phenolic OH excluding ortho intramolecular Hbond substituents is 1. The molecule has 1 aromatic rings. The van der Waals surface area contributed by atoms with Gasteiger partial charge in [0, 0.05) is 5.56 Å². The second kappa shape index (κ2) is 6.72. The predicted molar refractivity (Wildman–Crippen MR) is 72.3 cm³/mol. The van der Waals surface area contributed by atoms with Crippen molar-refractivity contribution in [2.75, 3.05) is 0 Å². The Labute approximate surface area is 126 Å². The minimum atomic E-state index is -4.81. The first-order valence-electron chi connectivity index (χ1n) is 6.30. The van der Waals surface area contributed by atoms with Gasteiger partial charge in [-0.3, -0.25) is 0 Å². The van der Waals surface area contributed by atoms with Gasteiger partial charge in [-0.25, -0.2) is 0 Å². The summed E-state index contributed by atoms with van der Waals surface area (Å²) in [5.41, 5.74) is 5.88. The molecule has 0 unspecified atom stereocenters. The SMILES string of the molecule is Cl.N[C@@H](c1cc(OC(F)(F)F)ccc1O)[C@H](O)C1CCC1. The molecule has 1 aliphatic carbocycles. The standard InChI is InChI=1S/C13H16F3NO3.ClH/c14-13(15,16)20-8-4-5-10(18)9(6-8)11(17)12(19)7-2-1-3-7;/h4-7,11-12,18-19H,1-3,17H2;1H/t11-,12+;/m0./s1. The zero-order valence-electron chi connectivity index (χ0n) is 11.0. The lowest BCUT2D eigenvalue weighted by Gasteiger charge is -2.34. The highest BCUT2D eigenvalue weighted by Crippen LogP contribution is 2.38. The molecule has 4 N–H and O–H groups in total. The van der Waals surface area contributed by atoms with Gasteiger partial charge in [0.25, 0.3) is 0 Å². The summed E-state index contributed by atoms with van der Waals surface area (Å²) in [4.78, 5) is 0. The predicted octanol–water partition coefficient (Wildman–Crippen LogP) is 2.87. The van der Waals surface area contributed by atoms with Crippen molar-refractivity contribution in [3.63, 3.8) is 0 Å². The second-order valence-electron chi connectivity index (χ2n) is 4.98. The minimum Gasteiger partial charge on any atom is -0.508 e. The van der Waals surface area contributed by atoms with Gasteiger partial charge in [0.15, 0.2) is 0 Å². The first-order chi connectivity index (χ1) is 9.28. The molecule has 0 spiro atoms. The number of benzene rings is 1. The van der Waals surface area contributed by atoms with Crippen LogP contribution in [0.3, 0.4) is 0 Å². The van der Waals surface area contributed by atoms with Gasteiger partial charge in [-0.05, 0) is 37.0 Å². The first kappa shape index (κ1) is 17.9. The molecule has 0 saturated heterocycles. The Morgan fingerprint density at radius 1 is 1.29 bits per heavy atom. The fourth-order valence-electron chi connectivity index (χ4n) is 2.26. The van der Waals surface area contributed by atoms with Gasteiger partial charge < -0.3 is 20.7 Å². The summed E-state index contributed by atoms with van der Waals surface area (Å²) in [5.74, 6) is -0.705. The molecule has 2 atom stereocenters. The number of aliphatic hydroxyl groups excluding tert-OH is 1. The molecule has 1 aromatic carbocycles. The smallest absolute Gasteiger partial charge is 0.508 e. The largest absolute Gasteiger partial charge is 0.573 e. The molecular weight excluding hydrogens is 311 g/mol. The van der Waals surface area contributed by atoms with Crippen LogP contribution in [0.1, 0.15) is 30.9 Å². The molecule has 8 heteroatoms. The van der Waals surface area contributed by atoms with Crippen LogP contribution in [0.25, 0.3) is 0 Å². The number of halogens is 4. The van der Waals surface area contributed by atoms with E-state index in [1.807, 2.05) is 0 Å². The molecular formula is C13H17ClF3NO3. The summed E-state index contributed by atoms with van der Waals surface area (Å²) < 4.78 is 40.3. The van der Waals surface area contributed by atoms with Crippen LogP contribution in [0.4, 0.5) is 13.2 Å². The second-order valence-corrected chi connectivity index (χ2v) is 4.98. The van der Waals surface area contributed by atoms with Crippen LogP contribution in [-0.2, 0) is 0 Å². The number of hydrogen-bond acceptors (Lipinski definition) is 4. The van der Waals surface area contributed by atoms with E-state index < -0.39 is 24.3 Å². The molecule has 120 valence electrons. The van der Waals surface area contributed by atoms with E-state index in [2.05, 4.69) is 4.74 Å². The molecule has 1 fully saturated rings. The maximum Gasteiger partial charge on any atom is 0.573 e. The van der Waals surface area contributed by atoms with Gasteiger partial charge >= 0.3 is 6.36 Å².